The fourth-order valence-electron chi connectivity index (χ4n) is 2.88. The smallest absolute Gasteiger partial charge is 0.410 e. The van der Waals surface area contributed by atoms with Crippen LogP contribution in [0.2, 0.25) is 0 Å². The molecule has 2 N–H and O–H groups in total. The van der Waals surface area contributed by atoms with E-state index in [1.54, 1.807) is 20.8 Å². The van der Waals surface area contributed by atoms with Crippen molar-refractivity contribution >= 4 is 12.1 Å². The lowest BCUT2D eigenvalue weighted by atomic mass is 9.74. The first-order valence-corrected chi connectivity index (χ1v) is 7.91. The lowest BCUT2D eigenvalue weighted by molar-refractivity contribution is -0.152. The van der Waals surface area contributed by atoms with Crippen LogP contribution in [0.15, 0.2) is 0 Å². The normalized spacial score (nSPS) is 22.7. The summed E-state index contributed by atoms with van der Waals surface area (Å²) in [4.78, 5) is 25.4. The van der Waals surface area contributed by atoms with Crippen LogP contribution in [0.5, 0.6) is 0 Å². The predicted molar refractivity (Wildman–Crippen MR) is 82.6 cm³/mol. The maximum atomic E-state index is 12.1. The summed E-state index contributed by atoms with van der Waals surface area (Å²) >= 11 is 0. The third kappa shape index (κ3) is 4.35. The van der Waals surface area contributed by atoms with E-state index in [0.29, 0.717) is 25.8 Å². The SMILES string of the molecule is CCC(O)(CC)CC1(C(=O)O)CCN(C(=O)OC(C)(C)C)C1. The highest BCUT2D eigenvalue weighted by Gasteiger charge is 2.50. The molecule has 0 aromatic heterocycles. The van der Waals surface area contributed by atoms with E-state index in [1.165, 1.54) is 4.90 Å². The van der Waals surface area contributed by atoms with Crippen LogP contribution in [0.3, 0.4) is 0 Å². The van der Waals surface area contributed by atoms with Crippen molar-refractivity contribution in [3.05, 3.63) is 0 Å². The van der Waals surface area contributed by atoms with Crippen LogP contribution in [0, 0.1) is 5.41 Å². The minimum absolute atomic E-state index is 0.0829. The second kappa shape index (κ2) is 6.44. The summed E-state index contributed by atoms with van der Waals surface area (Å²) in [6.45, 7) is 9.44. The number of carboxylic acids is 1. The van der Waals surface area contributed by atoms with E-state index in [-0.39, 0.29) is 13.0 Å². The van der Waals surface area contributed by atoms with Gasteiger partial charge in [-0.1, -0.05) is 13.8 Å². The number of rotatable bonds is 5. The van der Waals surface area contributed by atoms with Gasteiger partial charge < -0.3 is 19.8 Å². The lowest BCUT2D eigenvalue weighted by Gasteiger charge is -2.34. The Labute approximate surface area is 132 Å². The number of hydrogen-bond acceptors (Lipinski definition) is 4. The predicted octanol–water partition coefficient (Wildman–Crippen LogP) is 2.64. The Kier molecular flexibility index (Phi) is 5.49. The summed E-state index contributed by atoms with van der Waals surface area (Å²) in [7, 11) is 0. The van der Waals surface area contributed by atoms with Crippen LogP contribution in [-0.2, 0) is 9.53 Å². The number of hydrogen-bond donors (Lipinski definition) is 2. The number of ether oxygens (including phenoxy) is 1. The first-order valence-electron chi connectivity index (χ1n) is 7.91. The van der Waals surface area contributed by atoms with Crippen LogP contribution in [0.4, 0.5) is 4.79 Å². The highest BCUT2D eigenvalue weighted by atomic mass is 16.6. The molecular weight excluding hydrogens is 286 g/mol. The third-order valence-corrected chi connectivity index (χ3v) is 4.44. The number of carbonyl (C=O) groups is 2. The van der Waals surface area contributed by atoms with Gasteiger partial charge in [0.1, 0.15) is 5.60 Å². The van der Waals surface area contributed by atoms with Gasteiger partial charge in [-0.3, -0.25) is 4.79 Å². The van der Waals surface area contributed by atoms with Crippen molar-refractivity contribution in [2.24, 2.45) is 5.41 Å². The van der Waals surface area contributed by atoms with Crippen molar-refractivity contribution in [3.8, 4) is 0 Å². The van der Waals surface area contributed by atoms with Crippen LogP contribution in [0.25, 0.3) is 0 Å². The van der Waals surface area contributed by atoms with E-state index >= 15 is 0 Å². The van der Waals surface area contributed by atoms with E-state index in [4.69, 9.17) is 4.74 Å². The van der Waals surface area contributed by atoms with Crippen molar-refractivity contribution in [1.82, 2.24) is 4.90 Å². The number of aliphatic carboxylic acids is 1. The quantitative estimate of drug-likeness (QED) is 0.814. The fourth-order valence-corrected chi connectivity index (χ4v) is 2.88. The molecule has 0 radical (unpaired) electrons. The summed E-state index contributed by atoms with van der Waals surface area (Å²) in [6, 6.07) is 0. The molecule has 6 nitrogen and oxygen atoms in total. The molecule has 0 saturated carbocycles. The number of carbonyl (C=O) groups excluding carboxylic acids is 1. The molecule has 1 unspecified atom stereocenters. The Morgan fingerprint density at radius 1 is 1.23 bits per heavy atom. The average molecular weight is 315 g/mol. The monoisotopic (exact) mass is 315 g/mol. The third-order valence-electron chi connectivity index (χ3n) is 4.44. The summed E-state index contributed by atoms with van der Waals surface area (Å²) in [5.41, 5.74) is -2.72. The zero-order chi connectivity index (χ0) is 17.2. The topological polar surface area (TPSA) is 87.1 Å². The van der Waals surface area contributed by atoms with Gasteiger partial charge in [-0.15, -0.1) is 0 Å². The molecule has 1 amide bonds. The maximum absolute atomic E-state index is 12.1. The van der Waals surface area contributed by atoms with E-state index in [0.717, 1.165) is 0 Å². The molecule has 1 atom stereocenters. The Bertz CT molecular complexity index is 425. The molecule has 1 aliphatic heterocycles. The van der Waals surface area contributed by atoms with Crippen molar-refractivity contribution in [2.75, 3.05) is 13.1 Å². The van der Waals surface area contributed by atoms with Crippen LogP contribution >= 0.6 is 0 Å². The van der Waals surface area contributed by atoms with E-state index in [1.807, 2.05) is 13.8 Å². The van der Waals surface area contributed by atoms with Gasteiger partial charge in [0.25, 0.3) is 0 Å². The maximum Gasteiger partial charge on any atom is 0.410 e. The molecule has 0 spiro atoms. The second-order valence-electron chi connectivity index (χ2n) is 7.35. The molecule has 0 aliphatic carbocycles. The van der Waals surface area contributed by atoms with Gasteiger partial charge in [0, 0.05) is 13.1 Å². The molecule has 1 rings (SSSR count). The standard InChI is InChI=1S/C16H29NO5/c1-6-16(21,7-2)10-15(12(18)19)8-9-17(11-15)13(20)22-14(3,4)5/h21H,6-11H2,1-5H3,(H,18,19). The minimum Gasteiger partial charge on any atom is -0.481 e. The summed E-state index contributed by atoms with van der Waals surface area (Å²) in [6.07, 6.45) is 0.980. The van der Waals surface area contributed by atoms with Crippen LogP contribution < -0.4 is 0 Å². The van der Waals surface area contributed by atoms with Gasteiger partial charge in [0.15, 0.2) is 0 Å². The first kappa shape index (κ1) is 18.7. The number of amides is 1. The largest absolute Gasteiger partial charge is 0.481 e. The lowest BCUT2D eigenvalue weighted by Crippen LogP contribution is -2.44. The molecular formula is C16H29NO5. The molecule has 1 aliphatic rings. The van der Waals surface area contributed by atoms with Crippen LogP contribution in [-0.4, -0.2) is 51.5 Å². The van der Waals surface area contributed by atoms with Gasteiger partial charge in [-0.25, -0.2) is 4.79 Å². The summed E-state index contributed by atoms with van der Waals surface area (Å²) < 4.78 is 5.31. The number of carboxylic acid groups (broad SMARTS) is 1. The summed E-state index contributed by atoms with van der Waals surface area (Å²) in [5.74, 6) is -0.959. The van der Waals surface area contributed by atoms with Crippen molar-refractivity contribution in [3.63, 3.8) is 0 Å². The number of aliphatic hydroxyl groups is 1. The second-order valence-corrected chi connectivity index (χ2v) is 7.35. The van der Waals surface area contributed by atoms with Gasteiger partial charge in [-0.2, -0.15) is 0 Å². The minimum atomic E-state index is -1.10. The van der Waals surface area contributed by atoms with E-state index in [2.05, 4.69) is 0 Å². The molecule has 0 aromatic carbocycles. The Morgan fingerprint density at radius 2 is 1.77 bits per heavy atom. The average Bonchev–Trinajstić information content (AvgIpc) is 2.82. The van der Waals surface area contributed by atoms with Crippen LogP contribution in [0.1, 0.15) is 60.3 Å². The Balaban J connectivity index is 2.88. The molecule has 0 bridgehead atoms. The molecule has 0 aromatic rings. The van der Waals surface area contributed by atoms with Gasteiger partial charge in [0.2, 0.25) is 0 Å². The molecule has 22 heavy (non-hydrogen) atoms. The van der Waals surface area contributed by atoms with Gasteiger partial charge >= 0.3 is 12.1 Å². The van der Waals surface area contributed by atoms with E-state index < -0.39 is 28.7 Å². The van der Waals surface area contributed by atoms with Gasteiger partial charge in [-0.05, 0) is 46.5 Å². The Morgan fingerprint density at radius 3 is 2.18 bits per heavy atom. The first-order chi connectivity index (χ1) is 9.97. The van der Waals surface area contributed by atoms with Crippen molar-refractivity contribution < 1.29 is 24.5 Å². The fraction of sp³-hybridized carbons (Fsp3) is 0.875. The summed E-state index contributed by atoms with van der Waals surface area (Å²) in [5, 5.41) is 20.2. The number of likely N-dealkylation sites (tertiary alicyclic amines) is 1. The zero-order valence-corrected chi connectivity index (χ0v) is 14.3. The molecule has 1 fully saturated rings. The highest BCUT2D eigenvalue weighted by Crippen LogP contribution is 2.41. The molecule has 6 heteroatoms. The molecule has 1 heterocycles. The Hall–Kier alpha value is -1.30. The molecule has 128 valence electrons. The molecule has 1 saturated heterocycles. The zero-order valence-electron chi connectivity index (χ0n) is 14.3. The van der Waals surface area contributed by atoms with Crippen molar-refractivity contribution in [1.29, 1.82) is 0 Å². The van der Waals surface area contributed by atoms with E-state index in [9.17, 15) is 19.8 Å². The highest BCUT2D eigenvalue weighted by molar-refractivity contribution is 5.78. The van der Waals surface area contributed by atoms with Crippen molar-refractivity contribution in [2.45, 2.75) is 71.5 Å². The number of nitrogens with zero attached hydrogens (tertiary/aromatic N) is 1. The van der Waals surface area contributed by atoms with Gasteiger partial charge in [0.05, 0.1) is 11.0 Å².